The fourth-order valence-corrected chi connectivity index (χ4v) is 5.22. The van der Waals surface area contributed by atoms with Crippen LogP contribution in [0.5, 0.6) is 0 Å². The zero-order chi connectivity index (χ0) is 19.3. The van der Waals surface area contributed by atoms with Gasteiger partial charge in [0.05, 0.1) is 16.8 Å². The van der Waals surface area contributed by atoms with Crippen LogP contribution < -0.4 is 10.2 Å². The molecule has 2 bridgehead atoms. The number of fused-ring (bicyclic) bond motifs is 3. The molecule has 3 unspecified atom stereocenters. The Morgan fingerprint density at radius 2 is 1.71 bits per heavy atom. The summed E-state index contributed by atoms with van der Waals surface area (Å²) in [6, 6.07) is 13.8. The van der Waals surface area contributed by atoms with Crippen LogP contribution in [0.4, 0.5) is 11.4 Å². The highest BCUT2D eigenvalue weighted by molar-refractivity contribution is 6.34. The number of carbonyl (C=O) groups is 3. The first-order chi connectivity index (χ1) is 13.6. The lowest BCUT2D eigenvalue weighted by Gasteiger charge is -2.21. The molecule has 5 nitrogen and oxygen atoms in total. The number of imide groups is 1. The number of hydrogen-bond acceptors (Lipinski definition) is 3. The minimum atomic E-state index is -0.328. The summed E-state index contributed by atoms with van der Waals surface area (Å²) in [5.41, 5.74) is 1.92. The van der Waals surface area contributed by atoms with Crippen molar-refractivity contribution in [2.24, 2.45) is 17.8 Å². The largest absolute Gasteiger partial charge is 0.326 e. The highest BCUT2D eigenvalue weighted by Crippen LogP contribution is 2.49. The smallest absolute Gasteiger partial charge is 0.266 e. The summed E-state index contributed by atoms with van der Waals surface area (Å²) >= 11 is 0. The summed E-state index contributed by atoms with van der Waals surface area (Å²) < 4.78 is 0. The lowest BCUT2D eigenvalue weighted by atomic mass is 9.86. The molecular formula is C23H22N2O3. The lowest BCUT2D eigenvalue weighted by Crippen LogP contribution is -2.29. The molecule has 5 rings (SSSR count). The third-order valence-electron chi connectivity index (χ3n) is 6.51. The van der Waals surface area contributed by atoms with Crippen molar-refractivity contribution < 1.29 is 14.4 Å². The zero-order valence-corrected chi connectivity index (χ0v) is 15.6. The molecule has 1 aliphatic heterocycles. The van der Waals surface area contributed by atoms with Gasteiger partial charge in [-0.3, -0.25) is 14.4 Å². The quantitative estimate of drug-likeness (QED) is 0.814. The third-order valence-corrected chi connectivity index (χ3v) is 6.51. The molecule has 3 aliphatic rings. The van der Waals surface area contributed by atoms with Gasteiger partial charge >= 0.3 is 0 Å². The number of rotatable bonds is 4. The number of carbonyl (C=O) groups excluding carboxylic acids is 3. The van der Waals surface area contributed by atoms with E-state index in [0.717, 1.165) is 5.92 Å². The number of nitrogens with one attached hydrogen (secondary N) is 1. The Bertz CT molecular complexity index is 948. The maximum absolute atomic E-state index is 12.7. The molecule has 0 saturated heterocycles. The van der Waals surface area contributed by atoms with Crippen LogP contribution in [-0.4, -0.2) is 17.7 Å². The van der Waals surface area contributed by atoms with Gasteiger partial charge < -0.3 is 5.32 Å². The minimum Gasteiger partial charge on any atom is -0.326 e. The van der Waals surface area contributed by atoms with Crippen molar-refractivity contribution in [1.82, 2.24) is 0 Å². The molecule has 0 radical (unpaired) electrons. The van der Waals surface area contributed by atoms with Gasteiger partial charge in [-0.2, -0.15) is 0 Å². The van der Waals surface area contributed by atoms with Crippen LogP contribution in [-0.2, 0) is 4.79 Å². The monoisotopic (exact) mass is 374 g/mol. The van der Waals surface area contributed by atoms with Gasteiger partial charge in [0.15, 0.2) is 0 Å². The van der Waals surface area contributed by atoms with E-state index >= 15 is 0 Å². The Balaban J connectivity index is 1.31. The fraction of sp³-hybridized carbons (Fsp3) is 0.348. The molecule has 1 heterocycles. The first kappa shape index (κ1) is 17.2. The predicted octanol–water partition coefficient (Wildman–Crippen LogP) is 4.25. The molecule has 0 aromatic heterocycles. The Labute approximate surface area is 163 Å². The molecule has 142 valence electrons. The second-order valence-corrected chi connectivity index (χ2v) is 8.23. The number of amides is 3. The van der Waals surface area contributed by atoms with E-state index in [1.165, 1.54) is 30.6 Å². The van der Waals surface area contributed by atoms with E-state index in [-0.39, 0.29) is 17.7 Å². The number of hydrogen-bond donors (Lipinski definition) is 1. The van der Waals surface area contributed by atoms with Crippen molar-refractivity contribution in [1.29, 1.82) is 0 Å². The van der Waals surface area contributed by atoms with Gasteiger partial charge in [-0.25, -0.2) is 4.90 Å². The minimum absolute atomic E-state index is 0.0112. The Kier molecular flexibility index (Phi) is 4.04. The topological polar surface area (TPSA) is 66.5 Å². The zero-order valence-electron chi connectivity index (χ0n) is 15.6. The Morgan fingerprint density at radius 1 is 0.964 bits per heavy atom. The average molecular weight is 374 g/mol. The molecule has 2 saturated carbocycles. The van der Waals surface area contributed by atoms with Gasteiger partial charge in [-0.05, 0) is 67.3 Å². The second kappa shape index (κ2) is 6.59. The van der Waals surface area contributed by atoms with Crippen molar-refractivity contribution in [2.75, 3.05) is 10.2 Å². The summed E-state index contributed by atoms with van der Waals surface area (Å²) in [7, 11) is 0. The molecule has 5 heteroatoms. The first-order valence-corrected chi connectivity index (χ1v) is 9.98. The van der Waals surface area contributed by atoms with Crippen LogP contribution in [0.3, 0.4) is 0 Å². The van der Waals surface area contributed by atoms with Gasteiger partial charge in [0.1, 0.15) is 0 Å². The summed E-state index contributed by atoms with van der Waals surface area (Å²) in [6.45, 7) is 0. The molecular weight excluding hydrogens is 352 g/mol. The molecule has 3 atom stereocenters. The van der Waals surface area contributed by atoms with Crippen LogP contribution in [0.1, 0.15) is 52.8 Å². The summed E-state index contributed by atoms with van der Waals surface area (Å²) in [4.78, 5) is 39.0. The second-order valence-electron chi connectivity index (χ2n) is 8.23. The van der Waals surface area contributed by atoms with E-state index in [9.17, 15) is 14.4 Å². The van der Waals surface area contributed by atoms with Crippen molar-refractivity contribution in [3.63, 3.8) is 0 Å². The SMILES string of the molecule is O=C(CC1CC2CCC1C2)Nc1cccc(N2C(=O)c3ccccc3C2=O)c1. The van der Waals surface area contributed by atoms with Crippen molar-refractivity contribution >= 4 is 29.1 Å². The van der Waals surface area contributed by atoms with Crippen molar-refractivity contribution in [2.45, 2.75) is 32.1 Å². The summed E-state index contributed by atoms with van der Waals surface area (Å²) in [5.74, 6) is 1.38. The molecule has 2 aromatic rings. The fourth-order valence-electron chi connectivity index (χ4n) is 5.22. The standard InChI is InChI=1S/C23H22N2O3/c26-21(12-16-11-14-8-9-15(16)10-14)24-17-4-3-5-18(13-17)25-22(27)19-6-1-2-7-20(19)23(25)28/h1-7,13-16H,8-12H2,(H,24,26). The highest BCUT2D eigenvalue weighted by Gasteiger charge is 2.40. The molecule has 28 heavy (non-hydrogen) atoms. The summed E-state index contributed by atoms with van der Waals surface area (Å²) in [6.07, 6.45) is 5.60. The Morgan fingerprint density at radius 3 is 2.36 bits per heavy atom. The maximum atomic E-state index is 12.7. The van der Waals surface area contributed by atoms with E-state index in [1.54, 1.807) is 48.5 Å². The lowest BCUT2D eigenvalue weighted by molar-refractivity contribution is -0.117. The highest BCUT2D eigenvalue weighted by atomic mass is 16.2. The maximum Gasteiger partial charge on any atom is 0.266 e. The average Bonchev–Trinajstić information content (AvgIpc) is 3.37. The van der Waals surface area contributed by atoms with E-state index in [0.29, 0.717) is 40.8 Å². The number of nitrogens with zero attached hydrogens (tertiary/aromatic N) is 1. The van der Waals surface area contributed by atoms with Crippen LogP contribution in [0.2, 0.25) is 0 Å². The van der Waals surface area contributed by atoms with Crippen LogP contribution >= 0.6 is 0 Å². The normalized spacial score (nSPS) is 25.3. The molecule has 0 spiro atoms. The van der Waals surface area contributed by atoms with Crippen molar-refractivity contribution in [3.05, 3.63) is 59.7 Å². The van der Waals surface area contributed by atoms with Gasteiger partial charge in [0.25, 0.3) is 11.8 Å². The molecule has 1 N–H and O–H groups in total. The van der Waals surface area contributed by atoms with Crippen LogP contribution in [0.25, 0.3) is 0 Å². The first-order valence-electron chi connectivity index (χ1n) is 9.98. The van der Waals surface area contributed by atoms with Crippen molar-refractivity contribution in [3.8, 4) is 0 Å². The summed E-state index contributed by atoms with van der Waals surface area (Å²) in [5, 5.41) is 2.95. The van der Waals surface area contributed by atoms with Gasteiger partial charge in [0, 0.05) is 12.1 Å². The van der Waals surface area contributed by atoms with E-state index in [2.05, 4.69) is 5.32 Å². The van der Waals surface area contributed by atoms with Crippen LogP contribution in [0.15, 0.2) is 48.5 Å². The molecule has 3 amide bonds. The molecule has 2 aliphatic carbocycles. The Hall–Kier alpha value is -2.95. The van der Waals surface area contributed by atoms with E-state index in [4.69, 9.17) is 0 Å². The number of benzene rings is 2. The van der Waals surface area contributed by atoms with Gasteiger partial charge in [-0.15, -0.1) is 0 Å². The molecule has 2 fully saturated rings. The number of anilines is 2. The van der Waals surface area contributed by atoms with E-state index < -0.39 is 0 Å². The molecule has 2 aromatic carbocycles. The van der Waals surface area contributed by atoms with Crippen LogP contribution in [0, 0.1) is 17.8 Å². The third kappa shape index (κ3) is 2.82. The van der Waals surface area contributed by atoms with Gasteiger partial charge in [0.2, 0.25) is 5.91 Å². The van der Waals surface area contributed by atoms with E-state index in [1.807, 2.05) is 0 Å². The van der Waals surface area contributed by atoms with Gasteiger partial charge in [-0.1, -0.05) is 24.6 Å². The predicted molar refractivity (Wildman–Crippen MR) is 106 cm³/mol.